The Labute approximate surface area is 175 Å². The van der Waals surface area contributed by atoms with Gasteiger partial charge in [0.2, 0.25) is 0 Å². The third kappa shape index (κ3) is 4.02. The molecule has 3 aromatic rings. The van der Waals surface area contributed by atoms with Crippen molar-refractivity contribution < 1.29 is 19.4 Å². The Kier molecular flexibility index (Phi) is 5.72. The van der Waals surface area contributed by atoms with Crippen LogP contribution in [-0.2, 0) is 26.5 Å². The van der Waals surface area contributed by atoms with Gasteiger partial charge in [-0.1, -0.05) is 66.7 Å². The van der Waals surface area contributed by atoms with Crippen molar-refractivity contribution in [2.75, 3.05) is 0 Å². The van der Waals surface area contributed by atoms with Crippen LogP contribution in [-0.4, -0.2) is 21.8 Å². The summed E-state index contributed by atoms with van der Waals surface area (Å²) in [5, 5.41) is 11.7. The Morgan fingerprint density at radius 2 is 1.67 bits per heavy atom. The summed E-state index contributed by atoms with van der Waals surface area (Å²) in [6.07, 6.45) is 1.63. The SMILES string of the molecule is O=C1C[C@@H](c2ccccn2)[C@H](C(=O)OCc2ccccc2)[C@@](O)(c2ccccc2)C1. The monoisotopic (exact) mass is 401 g/mol. The number of hydrogen-bond donors (Lipinski definition) is 1. The van der Waals surface area contributed by atoms with E-state index in [0.29, 0.717) is 11.3 Å². The number of Topliss-reactive ketones (excluding diaryl/α,β-unsaturated/α-hetero) is 1. The van der Waals surface area contributed by atoms with Crippen LogP contribution in [0.1, 0.15) is 35.6 Å². The lowest BCUT2D eigenvalue weighted by Gasteiger charge is -2.42. The smallest absolute Gasteiger partial charge is 0.313 e. The van der Waals surface area contributed by atoms with E-state index in [1.165, 1.54) is 0 Å². The predicted octanol–water partition coefficient (Wildman–Crippen LogP) is 3.78. The lowest BCUT2D eigenvalue weighted by molar-refractivity contribution is -0.169. The van der Waals surface area contributed by atoms with Crippen molar-refractivity contribution in [2.45, 2.75) is 31.0 Å². The summed E-state index contributed by atoms with van der Waals surface area (Å²) in [6.45, 7) is 0.101. The molecule has 5 heteroatoms. The highest BCUT2D eigenvalue weighted by Crippen LogP contribution is 2.48. The van der Waals surface area contributed by atoms with Crippen LogP contribution >= 0.6 is 0 Å². The first kappa shape index (κ1) is 20.0. The standard InChI is InChI=1S/C25H23NO4/c27-20-15-21(22-13-7-8-14-26-22)23(24(28)30-17-18-9-3-1-4-10-18)25(29,16-20)19-11-5-2-6-12-19/h1-14,21,23,29H,15-17H2/t21-,23+,25-/m0/s1. The molecular formula is C25H23NO4. The number of carbonyl (C=O) groups excluding carboxylic acids is 2. The second kappa shape index (κ2) is 8.59. The molecule has 1 aromatic heterocycles. The number of aliphatic hydroxyl groups is 1. The molecule has 152 valence electrons. The third-order valence-corrected chi connectivity index (χ3v) is 5.65. The molecule has 0 saturated heterocycles. The zero-order valence-corrected chi connectivity index (χ0v) is 16.5. The van der Waals surface area contributed by atoms with Gasteiger partial charge in [-0.3, -0.25) is 14.6 Å². The molecule has 30 heavy (non-hydrogen) atoms. The number of rotatable bonds is 5. The summed E-state index contributed by atoms with van der Waals surface area (Å²) in [5.41, 5.74) is 0.324. The van der Waals surface area contributed by atoms with Gasteiger partial charge in [0.25, 0.3) is 0 Å². The maximum atomic E-state index is 13.3. The minimum Gasteiger partial charge on any atom is -0.460 e. The molecule has 0 unspecified atom stereocenters. The van der Waals surface area contributed by atoms with Crippen LogP contribution in [0.25, 0.3) is 0 Å². The van der Waals surface area contributed by atoms with Crippen LogP contribution in [0.5, 0.6) is 0 Å². The Hall–Kier alpha value is -3.31. The summed E-state index contributed by atoms with van der Waals surface area (Å²) < 4.78 is 5.63. The molecule has 5 nitrogen and oxygen atoms in total. The maximum Gasteiger partial charge on any atom is 0.313 e. The second-order valence-electron chi connectivity index (χ2n) is 7.64. The number of pyridine rings is 1. The number of carbonyl (C=O) groups is 2. The minimum absolute atomic E-state index is 0.101. The van der Waals surface area contributed by atoms with Crippen molar-refractivity contribution in [1.29, 1.82) is 0 Å². The number of hydrogen-bond acceptors (Lipinski definition) is 5. The Morgan fingerprint density at radius 1 is 1.00 bits per heavy atom. The van der Waals surface area contributed by atoms with Gasteiger partial charge < -0.3 is 9.84 Å². The van der Waals surface area contributed by atoms with Crippen molar-refractivity contribution in [1.82, 2.24) is 4.98 Å². The van der Waals surface area contributed by atoms with Gasteiger partial charge in [0, 0.05) is 30.7 Å². The van der Waals surface area contributed by atoms with Gasteiger partial charge in [0.05, 0.1) is 5.92 Å². The first-order chi connectivity index (χ1) is 14.6. The van der Waals surface area contributed by atoms with E-state index in [2.05, 4.69) is 4.98 Å². The van der Waals surface area contributed by atoms with Crippen LogP contribution in [0.3, 0.4) is 0 Å². The van der Waals surface area contributed by atoms with E-state index in [0.717, 1.165) is 5.56 Å². The fraction of sp³-hybridized carbons (Fsp3) is 0.240. The molecule has 1 saturated carbocycles. The summed E-state index contributed by atoms with van der Waals surface area (Å²) in [6, 6.07) is 23.6. The van der Waals surface area contributed by atoms with Gasteiger partial charge in [-0.15, -0.1) is 0 Å². The number of nitrogens with zero attached hydrogens (tertiary/aromatic N) is 1. The molecule has 4 rings (SSSR count). The van der Waals surface area contributed by atoms with Crippen molar-refractivity contribution in [3.05, 3.63) is 102 Å². The molecule has 2 aromatic carbocycles. The molecule has 0 radical (unpaired) electrons. The zero-order valence-electron chi connectivity index (χ0n) is 16.5. The number of benzene rings is 2. The van der Waals surface area contributed by atoms with Crippen molar-refractivity contribution in [3.63, 3.8) is 0 Å². The molecule has 1 N–H and O–H groups in total. The van der Waals surface area contributed by atoms with Crippen LogP contribution in [0.15, 0.2) is 85.1 Å². The van der Waals surface area contributed by atoms with Gasteiger partial charge in [0.1, 0.15) is 18.0 Å². The minimum atomic E-state index is -1.66. The van der Waals surface area contributed by atoms with Gasteiger partial charge in [-0.05, 0) is 23.3 Å². The molecule has 1 aliphatic rings. The Morgan fingerprint density at radius 3 is 2.33 bits per heavy atom. The number of ether oxygens (including phenoxy) is 1. The van der Waals surface area contributed by atoms with E-state index in [-0.39, 0.29) is 25.2 Å². The van der Waals surface area contributed by atoms with E-state index < -0.39 is 23.4 Å². The van der Waals surface area contributed by atoms with E-state index in [1.807, 2.05) is 42.5 Å². The van der Waals surface area contributed by atoms with E-state index in [1.54, 1.807) is 42.6 Å². The molecule has 0 spiro atoms. The summed E-state index contributed by atoms with van der Waals surface area (Å²) in [7, 11) is 0. The van der Waals surface area contributed by atoms with Gasteiger partial charge >= 0.3 is 5.97 Å². The van der Waals surface area contributed by atoms with Gasteiger partial charge in [0.15, 0.2) is 0 Å². The molecule has 0 bridgehead atoms. The van der Waals surface area contributed by atoms with E-state index in [9.17, 15) is 14.7 Å². The Bertz CT molecular complexity index is 1010. The first-order valence-electron chi connectivity index (χ1n) is 9.99. The third-order valence-electron chi connectivity index (χ3n) is 5.65. The van der Waals surface area contributed by atoms with Crippen molar-refractivity contribution >= 4 is 11.8 Å². The van der Waals surface area contributed by atoms with Crippen molar-refractivity contribution in [2.24, 2.45) is 5.92 Å². The molecule has 1 fully saturated rings. The largest absolute Gasteiger partial charge is 0.460 e. The topological polar surface area (TPSA) is 76.5 Å². The highest BCUT2D eigenvalue weighted by Gasteiger charge is 2.53. The highest BCUT2D eigenvalue weighted by atomic mass is 16.5. The first-order valence-corrected chi connectivity index (χ1v) is 9.99. The van der Waals surface area contributed by atoms with Crippen LogP contribution in [0, 0.1) is 5.92 Å². The summed E-state index contributed by atoms with van der Waals surface area (Å²) in [4.78, 5) is 30.3. The fourth-order valence-electron chi connectivity index (χ4n) is 4.24. The van der Waals surface area contributed by atoms with Crippen LogP contribution < -0.4 is 0 Å². The van der Waals surface area contributed by atoms with Crippen LogP contribution in [0.4, 0.5) is 0 Å². The fourth-order valence-corrected chi connectivity index (χ4v) is 4.24. The predicted molar refractivity (Wildman–Crippen MR) is 111 cm³/mol. The number of ketones is 1. The second-order valence-corrected chi connectivity index (χ2v) is 7.64. The molecule has 0 aliphatic heterocycles. The van der Waals surface area contributed by atoms with Crippen molar-refractivity contribution in [3.8, 4) is 0 Å². The highest BCUT2D eigenvalue weighted by molar-refractivity contribution is 5.87. The maximum absolute atomic E-state index is 13.3. The lowest BCUT2D eigenvalue weighted by Crippen LogP contribution is -2.49. The Balaban J connectivity index is 1.72. The van der Waals surface area contributed by atoms with E-state index >= 15 is 0 Å². The average Bonchev–Trinajstić information content (AvgIpc) is 2.79. The quantitative estimate of drug-likeness (QED) is 0.659. The van der Waals surface area contributed by atoms with Crippen LogP contribution in [0.2, 0.25) is 0 Å². The van der Waals surface area contributed by atoms with Gasteiger partial charge in [-0.25, -0.2) is 0 Å². The average molecular weight is 401 g/mol. The molecule has 1 heterocycles. The molecule has 1 aliphatic carbocycles. The summed E-state index contributed by atoms with van der Waals surface area (Å²) >= 11 is 0. The molecule has 3 atom stereocenters. The molecular weight excluding hydrogens is 378 g/mol. The van der Waals surface area contributed by atoms with E-state index in [4.69, 9.17) is 4.74 Å². The zero-order chi connectivity index (χ0) is 21.0. The number of aromatic nitrogens is 1. The number of esters is 1. The van der Waals surface area contributed by atoms with Gasteiger partial charge in [-0.2, -0.15) is 0 Å². The molecule has 0 amide bonds. The summed E-state index contributed by atoms with van der Waals surface area (Å²) in [5.74, 6) is -2.16. The normalized spacial score (nSPS) is 23.7. The lowest BCUT2D eigenvalue weighted by atomic mass is 9.64.